The summed E-state index contributed by atoms with van der Waals surface area (Å²) in [6, 6.07) is 17.4. The predicted octanol–water partition coefficient (Wildman–Crippen LogP) is 3.03. The molecule has 26 heavy (non-hydrogen) atoms. The molecule has 1 atom stereocenters. The van der Waals surface area contributed by atoms with Gasteiger partial charge >= 0.3 is 0 Å². The van der Waals surface area contributed by atoms with Crippen LogP contribution in [0.5, 0.6) is 5.75 Å². The van der Waals surface area contributed by atoms with Crippen LogP contribution in [0.4, 0.5) is 0 Å². The van der Waals surface area contributed by atoms with Crippen LogP contribution >= 0.6 is 0 Å². The first-order valence-electron chi connectivity index (χ1n) is 8.76. The van der Waals surface area contributed by atoms with Crippen LogP contribution in [0.15, 0.2) is 48.5 Å². The lowest BCUT2D eigenvalue weighted by Crippen LogP contribution is -2.49. The van der Waals surface area contributed by atoms with Crippen molar-refractivity contribution in [3.8, 4) is 11.8 Å². The molecule has 1 heterocycles. The number of nitriles is 1. The van der Waals surface area contributed by atoms with Crippen LogP contribution in [0.3, 0.4) is 0 Å². The number of rotatable bonds is 4. The number of benzene rings is 2. The van der Waals surface area contributed by atoms with Gasteiger partial charge in [-0.05, 0) is 36.2 Å². The van der Waals surface area contributed by atoms with Crippen LogP contribution in [0.2, 0.25) is 0 Å². The van der Waals surface area contributed by atoms with Gasteiger partial charge in [-0.25, -0.2) is 0 Å². The molecule has 1 amide bonds. The van der Waals surface area contributed by atoms with E-state index in [1.807, 2.05) is 54.3 Å². The molecule has 134 valence electrons. The van der Waals surface area contributed by atoms with Gasteiger partial charge in [0.15, 0.2) is 0 Å². The number of carbonyl (C=O) groups excluding carboxylic acids is 1. The van der Waals surface area contributed by atoms with Crippen molar-refractivity contribution in [1.29, 1.82) is 5.26 Å². The van der Waals surface area contributed by atoms with Crippen molar-refractivity contribution in [3.05, 3.63) is 65.2 Å². The molecule has 1 aliphatic heterocycles. The predicted molar refractivity (Wildman–Crippen MR) is 100 cm³/mol. The molecule has 3 rings (SSSR count). The second-order valence-electron chi connectivity index (χ2n) is 6.45. The van der Waals surface area contributed by atoms with Gasteiger partial charge in [0.05, 0.1) is 13.2 Å². The maximum absolute atomic E-state index is 12.7. The highest BCUT2D eigenvalue weighted by atomic mass is 16.5. The van der Waals surface area contributed by atoms with Crippen LogP contribution in [0.1, 0.15) is 27.5 Å². The first kappa shape index (κ1) is 18.0. The summed E-state index contributed by atoms with van der Waals surface area (Å²) >= 11 is 0. The normalized spacial score (nSPS) is 16.0. The molecule has 0 radical (unpaired) electrons. The number of nitrogens with zero attached hydrogens (tertiary/aromatic N) is 3. The minimum Gasteiger partial charge on any atom is -0.497 e. The fourth-order valence-electron chi connectivity index (χ4n) is 3.36. The third-order valence-electron chi connectivity index (χ3n) is 4.89. The van der Waals surface area contributed by atoms with Crippen molar-refractivity contribution in [1.82, 2.24) is 9.80 Å². The molecule has 1 aliphatic rings. The van der Waals surface area contributed by atoms with Gasteiger partial charge in [-0.3, -0.25) is 9.69 Å². The van der Waals surface area contributed by atoms with Crippen molar-refractivity contribution >= 4 is 5.91 Å². The smallest absolute Gasteiger partial charge is 0.254 e. The highest BCUT2D eigenvalue weighted by molar-refractivity contribution is 5.94. The summed E-state index contributed by atoms with van der Waals surface area (Å²) in [5.41, 5.74) is 2.80. The lowest BCUT2D eigenvalue weighted by Gasteiger charge is -2.37. The number of aryl methyl sites for hydroxylation is 1. The topological polar surface area (TPSA) is 56.6 Å². The van der Waals surface area contributed by atoms with Crippen molar-refractivity contribution in [2.75, 3.05) is 33.3 Å². The summed E-state index contributed by atoms with van der Waals surface area (Å²) < 4.78 is 5.20. The zero-order valence-corrected chi connectivity index (χ0v) is 15.2. The fraction of sp³-hybridized carbons (Fsp3) is 0.333. The monoisotopic (exact) mass is 349 g/mol. The highest BCUT2D eigenvalue weighted by Gasteiger charge is 2.28. The van der Waals surface area contributed by atoms with Gasteiger partial charge in [-0.15, -0.1) is 0 Å². The second-order valence-corrected chi connectivity index (χ2v) is 6.45. The molecule has 1 saturated heterocycles. The fourth-order valence-corrected chi connectivity index (χ4v) is 3.36. The van der Waals surface area contributed by atoms with Crippen molar-refractivity contribution < 1.29 is 9.53 Å². The molecule has 5 heteroatoms. The molecule has 1 fully saturated rings. The number of carbonyl (C=O) groups is 1. The maximum atomic E-state index is 12.7. The summed E-state index contributed by atoms with van der Waals surface area (Å²) in [6.45, 7) is 4.62. The summed E-state index contributed by atoms with van der Waals surface area (Å²) in [6.07, 6.45) is 0. The maximum Gasteiger partial charge on any atom is 0.254 e. The van der Waals surface area contributed by atoms with E-state index in [1.165, 1.54) is 0 Å². The second kappa shape index (κ2) is 8.03. The molecule has 0 N–H and O–H groups in total. The molecule has 0 saturated carbocycles. The minimum absolute atomic E-state index is 0.00736. The number of hydrogen-bond acceptors (Lipinski definition) is 4. The quantitative estimate of drug-likeness (QED) is 0.851. The summed E-state index contributed by atoms with van der Waals surface area (Å²) in [7, 11) is 1.59. The van der Waals surface area contributed by atoms with Crippen LogP contribution in [0.25, 0.3) is 0 Å². The van der Waals surface area contributed by atoms with Gasteiger partial charge in [-0.1, -0.05) is 30.3 Å². The Morgan fingerprint density at radius 1 is 1.12 bits per heavy atom. The number of ether oxygens (including phenoxy) is 1. The van der Waals surface area contributed by atoms with E-state index in [-0.39, 0.29) is 11.9 Å². The van der Waals surface area contributed by atoms with Gasteiger partial charge in [-0.2, -0.15) is 5.26 Å². The van der Waals surface area contributed by atoms with Gasteiger partial charge in [0.2, 0.25) is 0 Å². The van der Waals surface area contributed by atoms with Crippen LogP contribution in [0, 0.1) is 18.3 Å². The van der Waals surface area contributed by atoms with Crippen molar-refractivity contribution in [3.63, 3.8) is 0 Å². The molecule has 0 aliphatic carbocycles. The number of hydrogen-bond donors (Lipinski definition) is 0. The van der Waals surface area contributed by atoms with Crippen LogP contribution in [-0.2, 0) is 0 Å². The zero-order valence-electron chi connectivity index (χ0n) is 15.2. The van der Waals surface area contributed by atoms with Gasteiger partial charge < -0.3 is 9.64 Å². The average molecular weight is 349 g/mol. The van der Waals surface area contributed by atoms with E-state index in [0.29, 0.717) is 37.5 Å². The number of piperazine rings is 1. The van der Waals surface area contributed by atoms with Crippen LogP contribution < -0.4 is 4.74 Å². The first-order chi connectivity index (χ1) is 12.6. The Hall–Kier alpha value is -2.84. The zero-order chi connectivity index (χ0) is 18.5. The molecular formula is C21H23N3O2. The van der Waals surface area contributed by atoms with E-state index in [0.717, 1.165) is 11.1 Å². The van der Waals surface area contributed by atoms with Crippen LogP contribution in [-0.4, -0.2) is 49.0 Å². The van der Waals surface area contributed by atoms with E-state index >= 15 is 0 Å². The van der Waals surface area contributed by atoms with Gasteiger partial charge in [0, 0.05) is 31.7 Å². The Morgan fingerprint density at radius 2 is 1.85 bits per heavy atom. The standard InChI is InChI=1S/C21H23N3O2/c1-16-6-3-4-9-19(16)20(15-22)23-10-12-24(13-11-23)21(25)17-7-5-8-18(14-17)26-2/h3-9,14,20H,10-13H2,1-2H3. The minimum atomic E-state index is -0.273. The molecule has 0 aromatic heterocycles. The van der Waals surface area contributed by atoms with Crippen molar-refractivity contribution in [2.45, 2.75) is 13.0 Å². The van der Waals surface area contributed by atoms with Gasteiger partial charge in [0.25, 0.3) is 5.91 Å². The van der Waals surface area contributed by atoms with E-state index in [9.17, 15) is 10.1 Å². The SMILES string of the molecule is COc1cccc(C(=O)N2CCN(C(C#N)c3ccccc3C)CC2)c1. The summed E-state index contributed by atoms with van der Waals surface area (Å²) in [4.78, 5) is 16.7. The molecule has 5 nitrogen and oxygen atoms in total. The lowest BCUT2D eigenvalue weighted by molar-refractivity contribution is 0.0605. The number of amides is 1. The van der Waals surface area contributed by atoms with E-state index in [4.69, 9.17) is 4.74 Å². The Kier molecular flexibility index (Phi) is 5.55. The van der Waals surface area contributed by atoms with E-state index < -0.39 is 0 Å². The largest absolute Gasteiger partial charge is 0.497 e. The Balaban J connectivity index is 1.67. The Labute approximate surface area is 154 Å². The average Bonchev–Trinajstić information content (AvgIpc) is 2.70. The molecule has 2 aromatic rings. The molecule has 0 bridgehead atoms. The Morgan fingerprint density at radius 3 is 2.50 bits per heavy atom. The van der Waals surface area contributed by atoms with Gasteiger partial charge in [0.1, 0.15) is 11.8 Å². The lowest BCUT2D eigenvalue weighted by atomic mass is 10.0. The highest BCUT2D eigenvalue weighted by Crippen LogP contribution is 2.25. The first-order valence-corrected chi connectivity index (χ1v) is 8.76. The summed E-state index contributed by atoms with van der Waals surface area (Å²) in [5.74, 6) is 0.687. The third kappa shape index (κ3) is 3.71. The number of methoxy groups -OCH3 is 1. The summed E-state index contributed by atoms with van der Waals surface area (Å²) in [5, 5.41) is 9.68. The molecule has 0 spiro atoms. The Bertz CT molecular complexity index is 820. The molecule has 2 aromatic carbocycles. The van der Waals surface area contributed by atoms with Crippen molar-refractivity contribution in [2.24, 2.45) is 0 Å². The van der Waals surface area contributed by atoms with E-state index in [1.54, 1.807) is 13.2 Å². The van der Waals surface area contributed by atoms with E-state index in [2.05, 4.69) is 11.0 Å². The third-order valence-corrected chi connectivity index (χ3v) is 4.89. The molecule has 1 unspecified atom stereocenters. The molecular weight excluding hydrogens is 326 g/mol.